The zero-order chi connectivity index (χ0) is 20.9. The second-order valence-electron chi connectivity index (χ2n) is 7.45. The van der Waals surface area contributed by atoms with Crippen LogP contribution in [0.3, 0.4) is 0 Å². The van der Waals surface area contributed by atoms with Crippen molar-refractivity contribution in [2.75, 3.05) is 56.7 Å². The first-order valence-electron chi connectivity index (χ1n) is 10.4. The van der Waals surface area contributed by atoms with Gasteiger partial charge in [0.1, 0.15) is 5.65 Å². The van der Waals surface area contributed by atoms with E-state index in [2.05, 4.69) is 44.3 Å². The Morgan fingerprint density at radius 1 is 1.07 bits per heavy atom. The van der Waals surface area contributed by atoms with Crippen LogP contribution in [0, 0.1) is 0 Å². The van der Waals surface area contributed by atoms with Gasteiger partial charge in [-0.3, -0.25) is 9.36 Å². The van der Waals surface area contributed by atoms with E-state index < -0.39 is 0 Å². The Morgan fingerprint density at radius 3 is 2.57 bits per heavy atom. The van der Waals surface area contributed by atoms with Gasteiger partial charge in [-0.05, 0) is 44.3 Å². The molecule has 1 aliphatic rings. The molecular weight excluding hydrogens is 380 g/mol. The molecule has 0 saturated carbocycles. The van der Waals surface area contributed by atoms with E-state index in [1.165, 1.54) is 5.69 Å². The van der Waals surface area contributed by atoms with E-state index in [1.807, 2.05) is 19.1 Å². The standard InChI is InChI=1S/C22H28N6O2/c1-3-30-15-14-28-20(29)9-4-17-16-23-22(25-21(17)28)24-18-5-7-19(8-6-18)27-12-10-26(2)11-13-27/h4-9,16H,3,10-15H2,1-2H3,(H,23,24,25). The van der Waals surface area contributed by atoms with Crippen molar-refractivity contribution >= 4 is 28.4 Å². The van der Waals surface area contributed by atoms with Crippen molar-refractivity contribution < 1.29 is 4.74 Å². The van der Waals surface area contributed by atoms with Gasteiger partial charge in [0.05, 0.1) is 13.2 Å². The molecule has 2 aromatic heterocycles. The lowest BCUT2D eigenvalue weighted by atomic mass is 10.2. The Bertz CT molecular complexity index is 1040. The van der Waals surface area contributed by atoms with E-state index in [1.54, 1.807) is 22.9 Å². The molecule has 0 atom stereocenters. The maximum absolute atomic E-state index is 12.3. The number of ether oxygens (including phenoxy) is 1. The summed E-state index contributed by atoms with van der Waals surface area (Å²) in [7, 11) is 2.16. The summed E-state index contributed by atoms with van der Waals surface area (Å²) in [4.78, 5) is 26.1. The van der Waals surface area contributed by atoms with Crippen molar-refractivity contribution in [1.29, 1.82) is 0 Å². The lowest BCUT2D eigenvalue weighted by Gasteiger charge is -2.34. The molecule has 30 heavy (non-hydrogen) atoms. The van der Waals surface area contributed by atoms with Crippen molar-refractivity contribution in [3.8, 4) is 0 Å². The van der Waals surface area contributed by atoms with Crippen LogP contribution in [0.4, 0.5) is 17.3 Å². The SMILES string of the molecule is CCOCCn1c(=O)ccc2cnc(Nc3ccc(N4CCN(C)CC4)cc3)nc21. The quantitative estimate of drug-likeness (QED) is 0.601. The van der Waals surface area contributed by atoms with Gasteiger partial charge in [0, 0.05) is 61.8 Å². The number of likely N-dealkylation sites (N-methyl/N-ethyl adjacent to an activating group) is 1. The second-order valence-corrected chi connectivity index (χ2v) is 7.45. The Kier molecular flexibility index (Phi) is 6.25. The number of aromatic nitrogens is 3. The summed E-state index contributed by atoms with van der Waals surface area (Å²) in [5.41, 5.74) is 2.64. The van der Waals surface area contributed by atoms with Crippen LogP contribution in [0.15, 0.2) is 47.4 Å². The molecule has 1 fully saturated rings. The Labute approximate surface area is 176 Å². The molecule has 3 heterocycles. The highest BCUT2D eigenvalue weighted by atomic mass is 16.5. The summed E-state index contributed by atoms with van der Waals surface area (Å²) in [5.74, 6) is 0.464. The Balaban J connectivity index is 1.52. The van der Waals surface area contributed by atoms with Crippen LogP contribution in [0.1, 0.15) is 6.92 Å². The third-order valence-corrected chi connectivity index (χ3v) is 5.38. The molecule has 3 aromatic rings. The number of rotatable bonds is 7. The fraction of sp³-hybridized carbons (Fsp3) is 0.409. The molecular formula is C22H28N6O2. The van der Waals surface area contributed by atoms with E-state index in [4.69, 9.17) is 4.74 Å². The predicted octanol–water partition coefficient (Wildman–Crippen LogP) is 2.32. The topological polar surface area (TPSA) is 75.5 Å². The maximum atomic E-state index is 12.3. The van der Waals surface area contributed by atoms with Crippen LogP contribution in [0.2, 0.25) is 0 Å². The number of nitrogens with zero attached hydrogens (tertiary/aromatic N) is 5. The number of fused-ring (bicyclic) bond motifs is 1. The van der Waals surface area contributed by atoms with E-state index in [-0.39, 0.29) is 5.56 Å². The van der Waals surface area contributed by atoms with Gasteiger partial charge in [-0.25, -0.2) is 4.98 Å². The first-order chi connectivity index (χ1) is 14.6. The van der Waals surface area contributed by atoms with E-state index >= 15 is 0 Å². The normalized spacial score (nSPS) is 14.9. The maximum Gasteiger partial charge on any atom is 0.252 e. The summed E-state index contributed by atoms with van der Waals surface area (Å²) in [6.45, 7) is 7.71. The van der Waals surface area contributed by atoms with Gasteiger partial charge < -0.3 is 19.9 Å². The van der Waals surface area contributed by atoms with Crippen molar-refractivity contribution in [2.24, 2.45) is 0 Å². The van der Waals surface area contributed by atoms with Crippen molar-refractivity contribution in [3.05, 3.63) is 52.9 Å². The van der Waals surface area contributed by atoms with Gasteiger partial charge in [-0.2, -0.15) is 4.98 Å². The van der Waals surface area contributed by atoms with Crippen LogP contribution >= 0.6 is 0 Å². The van der Waals surface area contributed by atoms with Crippen LogP contribution in [-0.2, 0) is 11.3 Å². The number of anilines is 3. The third-order valence-electron chi connectivity index (χ3n) is 5.38. The highest BCUT2D eigenvalue weighted by Crippen LogP contribution is 2.21. The fourth-order valence-corrected chi connectivity index (χ4v) is 3.60. The molecule has 0 spiro atoms. The summed E-state index contributed by atoms with van der Waals surface area (Å²) in [5, 5.41) is 4.07. The zero-order valence-corrected chi connectivity index (χ0v) is 17.5. The van der Waals surface area contributed by atoms with Gasteiger partial charge in [0.15, 0.2) is 0 Å². The molecule has 1 N–H and O–H groups in total. The number of piperazine rings is 1. The molecule has 8 heteroatoms. The van der Waals surface area contributed by atoms with Gasteiger partial charge in [-0.1, -0.05) is 0 Å². The smallest absolute Gasteiger partial charge is 0.252 e. The van der Waals surface area contributed by atoms with E-state index in [0.29, 0.717) is 31.4 Å². The summed E-state index contributed by atoms with van der Waals surface area (Å²) in [6, 6.07) is 11.6. The monoisotopic (exact) mass is 408 g/mol. The van der Waals surface area contributed by atoms with Crippen LogP contribution in [0.25, 0.3) is 11.0 Å². The van der Waals surface area contributed by atoms with E-state index in [0.717, 1.165) is 37.3 Å². The number of pyridine rings is 1. The average molecular weight is 409 g/mol. The molecule has 1 saturated heterocycles. The second kappa shape index (κ2) is 9.23. The molecule has 0 aliphatic carbocycles. The zero-order valence-electron chi connectivity index (χ0n) is 17.5. The van der Waals surface area contributed by atoms with Crippen LogP contribution in [-0.4, -0.2) is 65.9 Å². The van der Waals surface area contributed by atoms with E-state index in [9.17, 15) is 4.79 Å². The first kappa shape index (κ1) is 20.3. The lowest BCUT2D eigenvalue weighted by Crippen LogP contribution is -2.44. The van der Waals surface area contributed by atoms with Gasteiger partial charge >= 0.3 is 0 Å². The highest BCUT2D eigenvalue weighted by molar-refractivity contribution is 5.75. The van der Waals surface area contributed by atoms with Crippen molar-refractivity contribution in [1.82, 2.24) is 19.4 Å². The number of hydrogen-bond acceptors (Lipinski definition) is 7. The third kappa shape index (κ3) is 4.60. The number of nitrogens with one attached hydrogen (secondary N) is 1. The molecule has 1 aromatic carbocycles. The molecule has 8 nitrogen and oxygen atoms in total. The highest BCUT2D eigenvalue weighted by Gasteiger charge is 2.14. The molecule has 0 bridgehead atoms. The average Bonchev–Trinajstić information content (AvgIpc) is 2.77. The minimum atomic E-state index is -0.0941. The predicted molar refractivity (Wildman–Crippen MR) is 120 cm³/mol. The largest absolute Gasteiger partial charge is 0.380 e. The molecule has 158 valence electrons. The molecule has 0 radical (unpaired) electrons. The van der Waals surface area contributed by atoms with Gasteiger partial charge in [0.25, 0.3) is 5.56 Å². The van der Waals surface area contributed by atoms with Crippen molar-refractivity contribution in [2.45, 2.75) is 13.5 Å². The van der Waals surface area contributed by atoms with Crippen LogP contribution in [0.5, 0.6) is 0 Å². The first-order valence-corrected chi connectivity index (χ1v) is 10.4. The number of benzene rings is 1. The fourth-order valence-electron chi connectivity index (χ4n) is 3.60. The summed E-state index contributed by atoms with van der Waals surface area (Å²) in [6.07, 6.45) is 1.74. The minimum Gasteiger partial charge on any atom is -0.380 e. The summed E-state index contributed by atoms with van der Waals surface area (Å²) < 4.78 is 7.04. The Morgan fingerprint density at radius 2 is 1.83 bits per heavy atom. The molecule has 0 unspecified atom stereocenters. The Hall–Kier alpha value is -2.97. The lowest BCUT2D eigenvalue weighted by molar-refractivity contribution is 0.139. The molecule has 0 amide bonds. The minimum absolute atomic E-state index is 0.0941. The molecule has 1 aliphatic heterocycles. The van der Waals surface area contributed by atoms with Crippen molar-refractivity contribution in [3.63, 3.8) is 0 Å². The van der Waals surface area contributed by atoms with Crippen LogP contribution < -0.4 is 15.8 Å². The number of hydrogen-bond donors (Lipinski definition) is 1. The summed E-state index contributed by atoms with van der Waals surface area (Å²) >= 11 is 0. The van der Waals surface area contributed by atoms with Gasteiger partial charge in [0.2, 0.25) is 5.95 Å². The molecule has 4 rings (SSSR count). The van der Waals surface area contributed by atoms with Gasteiger partial charge in [-0.15, -0.1) is 0 Å².